The minimum Gasteiger partial charge on any atom is -0.359 e. The molecule has 164 valence electrons. The molecule has 1 unspecified atom stereocenters. The molecule has 0 aliphatic rings. The molecule has 0 fully saturated rings. The number of nitrogens with zero attached hydrogens (tertiary/aromatic N) is 5. The zero-order valence-electron chi connectivity index (χ0n) is 18.3. The van der Waals surface area contributed by atoms with Crippen LogP contribution in [0.4, 0.5) is 0 Å². The molecule has 32 heavy (non-hydrogen) atoms. The Hall–Kier alpha value is -3.29. The summed E-state index contributed by atoms with van der Waals surface area (Å²) in [5, 5.41) is 17.9. The van der Waals surface area contributed by atoms with Crippen LogP contribution in [-0.4, -0.2) is 51.9 Å². The van der Waals surface area contributed by atoms with Gasteiger partial charge in [0.05, 0.1) is 10.4 Å². The molecule has 2 aromatic heterocycles. The van der Waals surface area contributed by atoms with Crippen LogP contribution in [0, 0.1) is 0 Å². The van der Waals surface area contributed by atoms with E-state index in [0.717, 1.165) is 22.2 Å². The van der Waals surface area contributed by atoms with E-state index in [1.807, 2.05) is 84.3 Å². The van der Waals surface area contributed by atoms with E-state index in [0.29, 0.717) is 29.2 Å². The van der Waals surface area contributed by atoms with Crippen LogP contribution in [0.1, 0.15) is 19.0 Å². The summed E-state index contributed by atoms with van der Waals surface area (Å²) in [4.78, 5) is 13.9. The number of rotatable bonds is 7. The smallest absolute Gasteiger partial charge is 0.219 e. The van der Waals surface area contributed by atoms with Crippen molar-refractivity contribution in [1.29, 1.82) is 0 Å². The van der Waals surface area contributed by atoms with Crippen molar-refractivity contribution in [3.63, 3.8) is 0 Å². The highest BCUT2D eigenvalue weighted by atomic mass is 35.5. The van der Waals surface area contributed by atoms with Crippen LogP contribution < -0.4 is 5.32 Å². The zero-order valence-corrected chi connectivity index (χ0v) is 19.0. The van der Waals surface area contributed by atoms with Gasteiger partial charge < -0.3 is 5.32 Å². The summed E-state index contributed by atoms with van der Waals surface area (Å²) in [5.74, 6) is -0.0212. The quantitative estimate of drug-likeness (QED) is 0.453. The van der Waals surface area contributed by atoms with Crippen LogP contribution in [0.5, 0.6) is 0 Å². The number of halogens is 1. The Morgan fingerprint density at radius 3 is 2.16 bits per heavy atom. The van der Waals surface area contributed by atoms with Gasteiger partial charge in [0.25, 0.3) is 0 Å². The third-order valence-corrected chi connectivity index (χ3v) is 5.81. The second kappa shape index (κ2) is 9.46. The van der Waals surface area contributed by atoms with Gasteiger partial charge in [-0.05, 0) is 20.5 Å². The highest BCUT2D eigenvalue weighted by Crippen LogP contribution is 2.38. The fraction of sp³-hybridized carbons (Fsp3) is 0.250. The van der Waals surface area contributed by atoms with E-state index in [1.165, 1.54) is 0 Å². The first-order chi connectivity index (χ1) is 15.5. The van der Waals surface area contributed by atoms with Crippen LogP contribution in [0.3, 0.4) is 0 Å². The summed E-state index contributed by atoms with van der Waals surface area (Å²) in [5.41, 5.74) is 3.77. The summed E-state index contributed by atoms with van der Waals surface area (Å²) in [6.45, 7) is 0. The van der Waals surface area contributed by atoms with Gasteiger partial charge in [-0.25, -0.2) is 4.68 Å². The second-order valence-corrected chi connectivity index (χ2v) is 8.12. The number of fused-ring (bicyclic) bond motifs is 1. The van der Waals surface area contributed by atoms with E-state index >= 15 is 0 Å². The molecule has 2 aromatic carbocycles. The molecule has 0 bridgehead atoms. The van der Waals surface area contributed by atoms with E-state index in [9.17, 15) is 4.79 Å². The van der Waals surface area contributed by atoms with E-state index in [1.54, 1.807) is 7.05 Å². The molecular weight excluding hydrogens is 424 g/mol. The summed E-state index contributed by atoms with van der Waals surface area (Å²) < 4.78 is 1.83. The molecule has 7 nitrogen and oxygen atoms in total. The van der Waals surface area contributed by atoms with Crippen LogP contribution >= 0.6 is 11.6 Å². The number of aromatic nitrogens is 4. The fourth-order valence-electron chi connectivity index (χ4n) is 3.75. The molecule has 4 aromatic rings. The van der Waals surface area contributed by atoms with Crippen molar-refractivity contribution in [2.75, 3.05) is 21.1 Å². The van der Waals surface area contributed by atoms with E-state index in [2.05, 4.69) is 15.5 Å². The molecule has 0 saturated heterocycles. The van der Waals surface area contributed by atoms with Gasteiger partial charge in [-0.15, -0.1) is 10.2 Å². The van der Waals surface area contributed by atoms with Crippen molar-refractivity contribution >= 4 is 28.5 Å². The Bertz CT molecular complexity index is 1220. The van der Waals surface area contributed by atoms with Gasteiger partial charge >= 0.3 is 0 Å². The first-order valence-corrected chi connectivity index (χ1v) is 10.8. The molecule has 1 atom stereocenters. The molecule has 1 N–H and O–H groups in total. The van der Waals surface area contributed by atoms with Crippen LogP contribution in [0.25, 0.3) is 33.5 Å². The molecule has 0 aliphatic carbocycles. The topological polar surface area (TPSA) is 75.9 Å². The summed E-state index contributed by atoms with van der Waals surface area (Å²) >= 11 is 6.95. The van der Waals surface area contributed by atoms with E-state index in [-0.39, 0.29) is 12.1 Å². The molecule has 4 rings (SSSR count). The third kappa shape index (κ3) is 4.22. The number of hydrogen-bond acceptors (Lipinski definition) is 5. The fourth-order valence-corrected chi connectivity index (χ4v) is 4.07. The SMILES string of the molecule is CNC(=O)CCC(N(C)C)n1nc(-c2ccccc2)c2c(Cl)c(-c3ccccc3)nnc21. The lowest BCUT2D eigenvalue weighted by Crippen LogP contribution is -2.29. The summed E-state index contributed by atoms with van der Waals surface area (Å²) in [6.07, 6.45) is 0.738. The monoisotopic (exact) mass is 448 g/mol. The Labute approximate surface area is 192 Å². The van der Waals surface area contributed by atoms with Gasteiger partial charge in [0.15, 0.2) is 5.65 Å². The highest BCUT2D eigenvalue weighted by Gasteiger charge is 2.26. The normalized spacial score (nSPS) is 12.3. The van der Waals surface area contributed by atoms with Gasteiger partial charge in [-0.1, -0.05) is 72.3 Å². The van der Waals surface area contributed by atoms with E-state index in [4.69, 9.17) is 16.7 Å². The van der Waals surface area contributed by atoms with Crippen molar-refractivity contribution in [3.05, 3.63) is 65.7 Å². The summed E-state index contributed by atoms with van der Waals surface area (Å²) in [7, 11) is 5.55. The van der Waals surface area contributed by atoms with Crippen LogP contribution in [0.15, 0.2) is 60.7 Å². The lowest BCUT2D eigenvalue weighted by Gasteiger charge is -2.24. The zero-order chi connectivity index (χ0) is 22.7. The first-order valence-electron chi connectivity index (χ1n) is 10.4. The third-order valence-electron chi connectivity index (χ3n) is 5.44. The molecule has 0 radical (unpaired) electrons. The van der Waals surface area contributed by atoms with Crippen molar-refractivity contribution in [1.82, 2.24) is 30.2 Å². The van der Waals surface area contributed by atoms with Crippen LogP contribution in [0.2, 0.25) is 5.02 Å². The number of nitrogens with one attached hydrogen (secondary N) is 1. The number of amides is 1. The van der Waals surface area contributed by atoms with Crippen molar-refractivity contribution in [3.8, 4) is 22.5 Å². The largest absolute Gasteiger partial charge is 0.359 e. The van der Waals surface area contributed by atoms with Gasteiger partial charge in [0.2, 0.25) is 5.91 Å². The molecule has 8 heteroatoms. The summed E-state index contributed by atoms with van der Waals surface area (Å²) in [6, 6.07) is 19.7. The van der Waals surface area contributed by atoms with Crippen molar-refractivity contribution < 1.29 is 4.79 Å². The number of carbonyl (C=O) groups is 1. The molecule has 1 amide bonds. The number of benzene rings is 2. The molecule has 0 aliphatic heterocycles. The van der Waals surface area contributed by atoms with Gasteiger partial charge in [0, 0.05) is 24.6 Å². The number of carbonyl (C=O) groups excluding carboxylic acids is 1. The average Bonchev–Trinajstić information content (AvgIpc) is 3.20. The van der Waals surface area contributed by atoms with Crippen molar-refractivity contribution in [2.24, 2.45) is 0 Å². The maximum atomic E-state index is 11.9. The highest BCUT2D eigenvalue weighted by molar-refractivity contribution is 6.38. The standard InChI is InChI=1S/C24H25ClN6O/c1-26-18(32)14-15-19(30(2)3)31-24-20(22(29-31)16-10-6-4-7-11-16)21(25)23(27-28-24)17-12-8-5-9-13-17/h4-13,19H,14-15H2,1-3H3,(H,26,32). The Kier molecular flexibility index (Phi) is 6.48. The maximum absolute atomic E-state index is 11.9. The lowest BCUT2D eigenvalue weighted by molar-refractivity contribution is -0.121. The first kappa shape index (κ1) is 21.9. The Morgan fingerprint density at radius 1 is 1.00 bits per heavy atom. The minimum atomic E-state index is -0.194. The maximum Gasteiger partial charge on any atom is 0.219 e. The molecule has 2 heterocycles. The van der Waals surface area contributed by atoms with Crippen LogP contribution in [-0.2, 0) is 4.79 Å². The van der Waals surface area contributed by atoms with Crippen molar-refractivity contribution in [2.45, 2.75) is 19.0 Å². The molecule has 0 spiro atoms. The Balaban J connectivity index is 1.93. The van der Waals surface area contributed by atoms with Gasteiger partial charge in [-0.3, -0.25) is 9.69 Å². The Morgan fingerprint density at radius 2 is 1.59 bits per heavy atom. The predicted octanol–water partition coefficient (Wildman–Crippen LogP) is 4.40. The predicted molar refractivity (Wildman–Crippen MR) is 127 cm³/mol. The molecule has 0 saturated carbocycles. The van der Waals surface area contributed by atoms with Gasteiger partial charge in [-0.2, -0.15) is 5.10 Å². The van der Waals surface area contributed by atoms with E-state index < -0.39 is 0 Å². The molecular formula is C24H25ClN6O. The second-order valence-electron chi connectivity index (χ2n) is 7.74. The van der Waals surface area contributed by atoms with Gasteiger partial charge in [0.1, 0.15) is 17.6 Å². The minimum absolute atomic E-state index is 0.0212. The number of hydrogen-bond donors (Lipinski definition) is 1. The average molecular weight is 449 g/mol. The lowest BCUT2D eigenvalue weighted by atomic mass is 10.1.